The van der Waals surface area contributed by atoms with Gasteiger partial charge in [-0.3, -0.25) is 19.7 Å². The molecule has 0 aliphatic carbocycles. The lowest BCUT2D eigenvalue weighted by atomic mass is 10.1. The summed E-state index contributed by atoms with van der Waals surface area (Å²) in [4.78, 5) is 32.7. The van der Waals surface area contributed by atoms with Gasteiger partial charge in [-0.1, -0.05) is 12.8 Å². The summed E-state index contributed by atoms with van der Waals surface area (Å²) >= 11 is 0. The van der Waals surface area contributed by atoms with Crippen LogP contribution in [-0.4, -0.2) is 33.0 Å². The van der Waals surface area contributed by atoms with Crippen LogP contribution in [0.3, 0.4) is 0 Å². The molecule has 0 bridgehead atoms. The third-order valence-electron chi connectivity index (χ3n) is 3.92. The Morgan fingerprint density at radius 3 is 2.64 bits per heavy atom. The van der Waals surface area contributed by atoms with Gasteiger partial charge >= 0.3 is 5.97 Å². The number of unbranched alkanes of at least 4 members (excludes halogenated alkanes) is 3. The second kappa shape index (κ2) is 8.81. The van der Waals surface area contributed by atoms with Crippen LogP contribution in [0.5, 0.6) is 0 Å². The van der Waals surface area contributed by atoms with Gasteiger partial charge in [-0.25, -0.2) is 0 Å². The van der Waals surface area contributed by atoms with E-state index in [4.69, 9.17) is 5.11 Å². The number of aromatic nitrogens is 1. The van der Waals surface area contributed by atoms with Crippen molar-refractivity contribution in [2.24, 2.45) is 0 Å². The molecule has 25 heavy (non-hydrogen) atoms. The molecule has 0 spiro atoms. The first kappa shape index (κ1) is 18.4. The van der Waals surface area contributed by atoms with Crippen LogP contribution in [0.1, 0.15) is 32.1 Å². The summed E-state index contributed by atoms with van der Waals surface area (Å²) in [5.41, 5.74) is 0.798. The summed E-state index contributed by atoms with van der Waals surface area (Å²) in [5.74, 6) is -0.904. The van der Waals surface area contributed by atoms with Crippen LogP contribution < -0.4 is 5.32 Å². The molecule has 1 amide bonds. The number of carboxylic acid groups (broad SMARTS) is 1. The van der Waals surface area contributed by atoms with Crippen molar-refractivity contribution in [2.45, 2.75) is 38.6 Å². The Morgan fingerprint density at radius 2 is 1.92 bits per heavy atom. The fourth-order valence-electron chi connectivity index (χ4n) is 2.63. The summed E-state index contributed by atoms with van der Waals surface area (Å²) in [7, 11) is 0. The Balaban J connectivity index is 1.76. The first-order valence-corrected chi connectivity index (χ1v) is 8.19. The number of amides is 1. The lowest BCUT2D eigenvalue weighted by Crippen LogP contribution is -2.28. The summed E-state index contributed by atoms with van der Waals surface area (Å²) < 4.78 is 1.75. The summed E-state index contributed by atoms with van der Waals surface area (Å²) in [6.45, 7) is 0.705. The number of benzene rings is 1. The molecule has 0 aliphatic rings. The smallest absolute Gasteiger partial charge is 0.303 e. The largest absolute Gasteiger partial charge is 0.481 e. The van der Waals surface area contributed by atoms with Crippen molar-refractivity contribution in [1.29, 1.82) is 0 Å². The Kier molecular flexibility index (Phi) is 6.50. The number of hydrogen-bond donors (Lipinski definition) is 2. The minimum atomic E-state index is -0.780. The normalized spacial score (nSPS) is 10.7. The van der Waals surface area contributed by atoms with E-state index < -0.39 is 10.9 Å². The number of nitro groups is 1. The van der Waals surface area contributed by atoms with Crippen LogP contribution in [-0.2, 0) is 16.1 Å². The molecule has 134 valence electrons. The maximum absolute atomic E-state index is 12.0. The van der Waals surface area contributed by atoms with Gasteiger partial charge in [0.2, 0.25) is 5.91 Å². The van der Waals surface area contributed by atoms with Crippen LogP contribution >= 0.6 is 0 Å². The lowest BCUT2D eigenvalue weighted by Gasteiger charge is -2.07. The van der Waals surface area contributed by atoms with Crippen LogP contribution in [0.2, 0.25) is 0 Å². The van der Waals surface area contributed by atoms with Crippen molar-refractivity contribution in [3.05, 3.63) is 40.6 Å². The predicted octanol–water partition coefficient (Wildman–Crippen LogP) is 2.70. The van der Waals surface area contributed by atoms with E-state index in [9.17, 15) is 19.7 Å². The highest BCUT2D eigenvalue weighted by molar-refractivity contribution is 5.85. The minimum Gasteiger partial charge on any atom is -0.481 e. The number of non-ortho nitro benzene ring substituents is 1. The maximum atomic E-state index is 12.0. The number of nitro benzene ring substituents is 1. The van der Waals surface area contributed by atoms with E-state index >= 15 is 0 Å². The van der Waals surface area contributed by atoms with Crippen molar-refractivity contribution in [3.8, 4) is 0 Å². The zero-order valence-corrected chi connectivity index (χ0v) is 13.8. The molecule has 0 aliphatic heterocycles. The molecular weight excluding hydrogens is 326 g/mol. The van der Waals surface area contributed by atoms with E-state index in [2.05, 4.69) is 5.32 Å². The fourth-order valence-corrected chi connectivity index (χ4v) is 2.63. The highest BCUT2D eigenvalue weighted by atomic mass is 16.6. The van der Waals surface area contributed by atoms with Crippen molar-refractivity contribution < 1.29 is 19.6 Å². The number of hydrogen-bond acceptors (Lipinski definition) is 4. The predicted molar refractivity (Wildman–Crippen MR) is 92.3 cm³/mol. The second-order valence-electron chi connectivity index (χ2n) is 5.85. The van der Waals surface area contributed by atoms with Gasteiger partial charge in [0, 0.05) is 42.2 Å². The molecule has 0 fully saturated rings. The van der Waals surface area contributed by atoms with Gasteiger partial charge in [-0.15, -0.1) is 0 Å². The lowest BCUT2D eigenvalue weighted by molar-refractivity contribution is -0.384. The van der Waals surface area contributed by atoms with E-state index in [1.807, 2.05) is 0 Å². The van der Waals surface area contributed by atoms with Gasteiger partial charge in [-0.05, 0) is 25.0 Å². The molecule has 1 aromatic heterocycles. The molecule has 2 aromatic rings. The number of nitrogens with zero attached hydrogens (tertiary/aromatic N) is 2. The number of nitrogens with one attached hydrogen (secondary N) is 1. The third-order valence-corrected chi connectivity index (χ3v) is 3.92. The summed E-state index contributed by atoms with van der Waals surface area (Å²) in [6.07, 6.45) is 5.10. The summed E-state index contributed by atoms with van der Waals surface area (Å²) in [5, 5.41) is 22.9. The molecule has 0 saturated carbocycles. The number of aliphatic carboxylic acids is 1. The standard InChI is InChI=1S/C17H21N3O5/c21-16(18-9-4-2-1-3-5-17(22)23)12-19-10-8-13-11-14(20(24)25)6-7-15(13)19/h6-8,10-11H,1-5,9,12H2,(H,18,21)(H,22,23). The van der Waals surface area contributed by atoms with E-state index in [0.29, 0.717) is 13.0 Å². The number of fused-ring (bicyclic) bond motifs is 1. The average Bonchev–Trinajstić information content (AvgIpc) is 2.95. The molecule has 0 saturated heterocycles. The van der Waals surface area contributed by atoms with Crippen LogP contribution in [0.25, 0.3) is 10.9 Å². The van der Waals surface area contributed by atoms with E-state index in [0.717, 1.165) is 30.2 Å². The van der Waals surface area contributed by atoms with E-state index in [1.54, 1.807) is 22.9 Å². The fraction of sp³-hybridized carbons (Fsp3) is 0.412. The topological polar surface area (TPSA) is 114 Å². The van der Waals surface area contributed by atoms with Gasteiger partial charge in [0.25, 0.3) is 5.69 Å². The Morgan fingerprint density at radius 1 is 1.16 bits per heavy atom. The van der Waals surface area contributed by atoms with Crippen LogP contribution in [0, 0.1) is 10.1 Å². The van der Waals surface area contributed by atoms with Gasteiger partial charge in [0.15, 0.2) is 0 Å². The maximum Gasteiger partial charge on any atom is 0.303 e. The zero-order chi connectivity index (χ0) is 18.2. The molecule has 1 heterocycles. The monoisotopic (exact) mass is 347 g/mol. The summed E-state index contributed by atoms with van der Waals surface area (Å²) in [6, 6.07) is 6.30. The van der Waals surface area contributed by atoms with Crippen LogP contribution in [0.15, 0.2) is 30.5 Å². The van der Waals surface area contributed by atoms with E-state index in [-0.39, 0.29) is 24.6 Å². The van der Waals surface area contributed by atoms with Gasteiger partial charge in [-0.2, -0.15) is 0 Å². The van der Waals surface area contributed by atoms with Crippen molar-refractivity contribution in [2.75, 3.05) is 6.54 Å². The number of rotatable bonds is 10. The van der Waals surface area contributed by atoms with Crippen molar-refractivity contribution >= 4 is 28.5 Å². The van der Waals surface area contributed by atoms with E-state index in [1.165, 1.54) is 12.1 Å². The minimum absolute atomic E-state index is 0.0256. The van der Waals surface area contributed by atoms with Gasteiger partial charge in [0.05, 0.1) is 4.92 Å². The first-order valence-electron chi connectivity index (χ1n) is 8.19. The van der Waals surface area contributed by atoms with Gasteiger partial charge < -0.3 is 15.0 Å². The Hall–Kier alpha value is -2.90. The number of carboxylic acids is 1. The second-order valence-corrected chi connectivity index (χ2v) is 5.85. The highest BCUT2D eigenvalue weighted by Gasteiger charge is 2.10. The molecule has 1 aromatic carbocycles. The molecule has 0 atom stereocenters. The first-order chi connectivity index (χ1) is 12.0. The third kappa shape index (κ3) is 5.59. The van der Waals surface area contributed by atoms with Gasteiger partial charge in [0.1, 0.15) is 6.54 Å². The average molecular weight is 347 g/mol. The quantitative estimate of drug-likeness (QED) is 0.389. The Labute approximate surface area is 144 Å². The molecule has 0 unspecified atom stereocenters. The zero-order valence-electron chi connectivity index (χ0n) is 13.8. The van der Waals surface area contributed by atoms with Crippen LogP contribution in [0.4, 0.5) is 5.69 Å². The SMILES string of the molecule is O=C(O)CCCCCCNC(=O)Cn1ccc2cc([N+](=O)[O-])ccc21. The molecule has 0 radical (unpaired) electrons. The van der Waals surface area contributed by atoms with Crippen molar-refractivity contribution in [3.63, 3.8) is 0 Å². The molecule has 2 N–H and O–H groups in total. The highest BCUT2D eigenvalue weighted by Crippen LogP contribution is 2.21. The molecular formula is C17H21N3O5. The Bertz CT molecular complexity index is 769. The molecule has 8 nitrogen and oxygen atoms in total. The molecule has 8 heteroatoms. The number of carbonyl (C=O) groups excluding carboxylic acids is 1. The van der Waals surface area contributed by atoms with Crippen molar-refractivity contribution in [1.82, 2.24) is 9.88 Å². The number of carbonyl (C=O) groups is 2. The molecule has 2 rings (SSSR count).